The number of pyridine rings is 1. The number of hydrogen-bond acceptors (Lipinski definition) is 3. The third-order valence-electron chi connectivity index (χ3n) is 4.07. The molecule has 1 amide bonds. The van der Waals surface area contributed by atoms with Crippen molar-refractivity contribution in [1.82, 2.24) is 14.9 Å². The zero-order chi connectivity index (χ0) is 15.5. The molecule has 2 N–H and O–H groups in total. The van der Waals surface area contributed by atoms with Crippen molar-refractivity contribution < 1.29 is 14.7 Å². The highest BCUT2D eigenvalue weighted by atomic mass is 16.4. The normalized spacial score (nSPS) is 11.5. The van der Waals surface area contributed by atoms with Gasteiger partial charge in [0.15, 0.2) is 0 Å². The van der Waals surface area contributed by atoms with Crippen LogP contribution in [0.4, 0.5) is 0 Å². The van der Waals surface area contributed by atoms with E-state index in [9.17, 15) is 14.7 Å². The summed E-state index contributed by atoms with van der Waals surface area (Å²) in [6, 6.07) is 5.45. The molecule has 21 heavy (non-hydrogen) atoms. The average Bonchev–Trinajstić information content (AvgIpc) is 2.92. The first-order valence-electron chi connectivity index (χ1n) is 6.98. The molecule has 6 nitrogen and oxygen atoms in total. The molecule has 112 valence electrons. The van der Waals surface area contributed by atoms with Crippen LogP contribution in [0.15, 0.2) is 30.6 Å². The van der Waals surface area contributed by atoms with Crippen LogP contribution in [-0.4, -0.2) is 33.1 Å². The third kappa shape index (κ3) is 2.74. The summed E-state index contributed by atoms with van der Waals surface area (Å²) >= 11 is 0. The number of amides is 1. The van der Waals surface area contributed by atoms with Gasteiger partial charge in [-0.05, 0) is 25.0 Å². The Hall–Kier alpha value is -2.37. The van der Waals surface area contributed by atoms with Crippen LogP contribution in [0.25, 0.3) is 5.52 Å². The van der Waals surface area contributed by atoms with Crippen molar-refractivity contribution in [3.05, 3.63) is 36.2 Å². The van der Waals surface area contributed by atoms with Crippen LogP contribution < -0.4 is 5.32 Å². The molecule has 0 unspecified atom stereocenters. The van der Waals surface area contributed by atoms with E-state index in [1.54, 1.807) is 16.8 Å². The molecule has 0 fully saturated rings. The maximum atomic E-state index is 12.3. The van der Waals surface area contributed by atoms with Gasteiger partial charge < -0.3 is 10.4 Å². The van der Waals surface area contributed by atoms with Gasteiger partial charge in [0.1, 0.15) is 0 Å². The van der Waals surface area contributed by atoms with Crippen molar-refractivity contribution >= 4 is 17.4 Å². The molecule has 0 saturated heterocycles. The predicted molar refractivity (Wildman–Crippen MR) is 78.2 cm³/mol. The molecule has 0 atom stereocenters. The summed E-state index contributed by atoms with van der Waals surface area (Å²) in [4.78, 5) is 23.7. The number of aliphatic carboxylic acids is 1. The molecule has 2 aromatic heterocycles. The van der Waals surface area contributed by atoms with E-state index < -0.39 is 11.4 Å². The lowest BCUT2D eigenvalue weighted by Crippen LogP contribution is -2.42. The highest BCUT2D eigenvalue weighted by molar-refractivity contribution is 6.00. The highest BCUT2D eigenvalue weighted by Crippen LogP contribution is 2.25. The van der Waals surface area contributed by atoms with Gasteiger partial charge in [0, 0.05) is 12.7 Å². The monoisotopic (exact) mass is 289 g/mol. The summed E-state index contributed by atoms with van der Waals surface area (Å²) in [5, 5.41) is 16.2. The number of carbonyl (C=O) groups excluding carboxylic acids is 1. The van der Waals surface area contributed by atoms with Crippen molar-refractivity contribution in [3.8, 4) is 0 Å². The van der Waals surface area contributed by atoms with E-state index in [-0.39, 0.29) is 12.5 Å². The minimum atomic E-state index is -0.918. The smallest absolute Gasteiger partial charge is 0.311 e. The molecule has 0 aliphatic carbocycles. The van der Waals surface area contributed by atoms with Gasteiger partial charge in [0.2, 0.25) is 0 Å². The number of hydrogen-bond donors (Lipinski definition) is 2. The van der Waals surface area contributed by atoms with Crippen LogP contribution >= 0.6 is 0 Å². The fraction of sp³-hybridized carbons (Fsp3) is 0.400. The summed E-state index contributed by atoms with van der Waals surface area (Å²) in [5.74, 6) is -1.18. The predicted octanol–water partition coefficient (Wildman–Crippen LogP) is 1.96. The highest BCUT2D eigenvalue weighted by Gasteiger charge is 2.35. The van der Waals surface area contributed by atoms with Gasteiger partial charge in [-0.3, -0.25) is 9.59 Å². The Morgan fingerprint density at radius 1 is 1.33 bits per heavy atom. The number of carboxylic acid groups (broad SMARTS) is 1. The Balaban J connectivity index is 2.17. The number of aromatic nitrogens is 2. The third-order valence-corrected chi connectivity index (χ3v) is 4.07. The zero-order valence-corrected chi connectivity index (χ0v) is 12.2. The van der Waals surface area contributed by atoms with Gasteiger partial charge in [0.05, 0.1) is 22.7 Å². The zero-order valence-electron chi connectivity index (χ0n) is 12.2. The van der Waals surface area contributed by atoms with Crippen molar-refractivity contribution in [2.24, 2.45) is 5.41 Å². The maximum Gasteiger partial charge on any atom is 0.311 e. The molecule has 6 heteroatoms. The van der Waals surface area contributed by atoms with E-state index in [0.717, 1.165) is 0 Å². The number of fused-ring (bicyclic) bond motifs is 1. The molecule has 0 aromatic carbocycles. The molecular weight excluding hydrogens is 270 g/mol. The van der Waals surface area contributed by atoms with Crippen molar-refractivity contribution in [2.75, 3.05) is 6.54 Å². The Labute approximate surface area is 122 Å². The van der Waals surface area contributed by atoms with E-state index in [2.05, 4.69) is 10.4 Å². The summed E-state index contributed by atoms with van der Waals surface area (Å²) in [6.45, 7) is 3.75. The number of carboxylic acids is 1. The average molecular weight is 289 g/mol. The Bertz CT molecular complexity index is 659. The molecule has 0 bridgehead atoms. The Morgan fingerprint density at radius 2 is 2.05 bits per heavy atom. The first-order chi connectivity index (χ1) is 10.0. The largest absolute Gasteiger partial charge is 0.481 e. The van der Waals surface area contributed by atoms with Crippen molar-refractivity contribution in [1.29, 1.82) is 0 Å². The van der Waals surface area contributed by atoms with E-state index in [4.69, 9.17) is 0 Å². The quantitative estimate of drug-likeness (QED) is 0.851. The van der Waals surface area contributed by atoms with Crippen molar-refractivity contribution in [3.63, 3.8) is 0 Å². The first-order valence-corrected chi connectivity index (χ1v) is 6.98. The lowest BCUT2D eigenvalue weighted by atomic mass is 9.82. The van der Waals surface area contributed by atoms with E-state index in [1.165, 1.54) is 6.20 Å². The van der Waals surface area contributed by atoms with Gasteiger partial charge in [-0.25, -0.2) is 4.52 Å². The SMILES string of the molecule is CCC(CC)(CNC(=O)c1cnn2ccccc12)C(=O)O. The second kappa shape index (κ2) is 5.95. The summed E-state index contributed by atoms with van der Waals surface area (Å²) in [6.07, 6.45) is 4.18. The number of carbonyl (C=O) groups is 2. The molecule has 0 radical (unpaired) electrons. The van der Waals surface area contributed by atoms with Gasteiger partial charge in [0.25, 0.3) is 5.91 Å². The lowest BCUT2D eigenvalue weighted by Gasteiger charge is -2.26. The molecule has 0 saturated carbocycles. The second-order valence-electron chi connectivity index (χ2n) is 5.06. The molecule has 2 aromatic rings. The molecule has 0 aliphatic heterocycles. The van der Waals surface area contributed by atoms with E-state index in [0.29, 0.717) is 23.9 Å². The molecular formula is C15H19N3O3. The lowest BCUT2D eigenvalue weighted by molar-refractivity contribution is -0.149. The van der Waals surface area contributed by atoms with Crippen molar-refractivity contribution in [2.45, 2.75) is 26.7 Å². The number of nitrogens with zero attached hydrogens (tertiary/aromatic N) is 2. The molecule has 2 heterocycles. The second-order valence-corrected chi connectivity index (χ2v) is 5.06. The van der Waals surface area contributed by atoms with E-state index >= 15 is 0 Å². The minimum absolute atomic E-state index is 0.109. The Kier molecular flexibility index (Phi) is 4.26. The maximum absolute atomic E-state index is 12.3. The van der Waals surface area contributed by atoms with Gasteiger partial charge in [-0.1, -0.05) is 19.9 Å². The number of rotatable bonds is 6. The molecule has 2 rings (SSSR count). The van der Waals surface area contributed by atoms with Crippen LogP contribution in [0.1, 0.15) is 37.0 Å². The fourth-order valence-electron chi connectivity index (χ4n) is 2.33. The van der Waals surface area contributed by atoms with Crippen LogP contribution in [0.5, 0.6) is 0 Å². The van der Waals surface area contributed by atoms with Gasteiger partial charge >= 0.3 is 5.97 Å². The van der Waals surface area contributed by atoms with Crippen LogP contribution in [0.3, 0.4) is 0 Å². The minimum Gasteiger partial charge on any atom is -0.481 e. The number of nitrogens with one attached hydrogen (secondary N) is 1. The summed E-state index contributed by atoms with van der Waals surface area (Å²) in [5.41, 5.74) is 0.226. The van der Waals surface area contributed by atoms with Gasteiger partial charge in [-0.2, -0.15) is 5.10 Å². The summed E-state index contributed by atoms with van der Waals surface area (Å²) in [7, 11) is 0. The fourth-order valence-corrected chi connectivity index (χ4v) is 2.33. The topological polar surface area (TPSA) is 83.7 Å². The van der Waals surface area contributed by atoms with Gasteiger partial charge in [-0.15, -0.1) is 0 Å². The van der Waals surface area contributed by atoms with E-state index in [1.807, 2.05) is 26.0 Å². The Morgan fingerprint density at radius 3 is 2.67 bits per heavy atom. The standard InChI is InChI=1S/C15H19N3O3/c1-3-15(4-2,14(20)21)10-16-13(19)11-9-17-18-8-6-5-7-12(11)18/h5-9H,3-4,10H2,1-2H3,(H,16,19)(H,20,21). The summed E-state index contributed by atoms with van der Waals surface area (Å²) < 4.78 is 1.61. The van der Waals surface area contributed by atoms with Crippen LogP contribution in [0.2, 0.25) is 0 Å². The molecule has 0 spiro atoms. The molecule has 0 aliphatic rings. The van der Waals surface area contributed by atoms with Crippen LogP contribution in [-0.2, 0) is 4.79 Å². The first kappa shape index (κ1) is 15.0. The van der Waals surface area contributed by atoms with Crippen LogP contribution in [0, 0.1) is 5.41 Å².